The van der Waals surface area contributed by atoms with Gasteiger partial charge in [0.25, 0.3) is 0 Å². The lowest BCUT2D eigenvalue weighted by Gasteiger charge is -2.35. The zero-order chi connectivity index (χ0) is 35.8. The van der Waals surface area contributed by atoms with Gasteiger partial charge in [0.1, 0.15) is 29.3 Å². The van der Waals surface area contributed by atoms with E-state index in [1.54, 1.807) is 11.0 Å². The lowest BCUT2D eigenvalue weighted by atomic mass is 9.88. The number of allylic oxidation sites excluding steroid dienone is 1. The first-order valence-electron chi connectivity index (χ1n) is 15.4. The largest absolute Gasteiger partial charge is 0.506 e. The van der Waals surface area contributed by atoms with Crippen LogP contribution in [0.2, 0.25) is 20.1 Å². The van der Waals surface area contributed by atoms with Crippen LogP contribution in [-0.2, 0) is 22.4 Å². The van der Waals surface area contributed by atoms with E-state index in [9.17, 15) is 19.5 Å². The average Bonchev–Trinajstić information content (AvgIpc) is 3.04. The molecular formula is C36H34Cl4N2O7. The van der Waals surface area contributed by atoms with E-state index >= 15 is 0 Å². The second-order valence-electron chi connectivity index (χ2n) is 12.5. The summed E-state index contributed by atoms with van der Waals surface area (Å²) in [5.41, 5.74) is 0.824. The highest BCUT2D eigenvalue weighted by Crippen LogP contribution is 2.48. The summed E-state index contributed by atoms with van der Waals surface area (Å²) in [6.45, 7) is 14.6. The SMILES string of the molecule is C=CCOC(=O)c1cc(Cl)c(Cl)cc1-c1c2cc(Cl)c(=O)c(CC=C)c-2oc2c(CN3CCN(C(=O)OC(C)(C)C)CC3)c(O)c(Cl)cc12. The number of phenols is 1. The Labute approximate surface area is 303 Å². The van der Waals surface area contributed by atoms with E-state index in [1.165, 1.54) is 30.3 Å². The molecule has 1 aliphatic carbocycles. The van der Waals surface area contributed by atoms with Gasteiger partial charge in [0.2, 0.25) is 5.43 Å². The Kier molecular flexibility index (Phi) is 10.9. The van der Waals surface area contributed by atoms with E-state index in [0.29, 0.717) is 53.8 Å². The summed E-state index contributed by atoms with van der Waals surface area (Å²) in [7, 11) is 0. The molecule has 1 saturated heterocycles. The molecule has 1 N–H and O–H groups in total. The van der Waals surface area contributed by atoms with Gasteiger partial charge in [0.15, 0.2) is 0 Å². The van der Waals surface area contributed by atoms with E-state index in [-0.39, 0.29) is 67.9 Å². The minimum atomic E-state index is -0.707. The van der Waals surface area contributed by atoms with Crippen molar-refractivity contribution in [2.45, 2.75) is 39.3 Å². The molecule has 0 radical (unpaired) electrons. The quantitative estimate of drug-likeness (QED) is 0.108. The third kappa shape index (κ3) is 7.56. The Hall–Kier alpha value is -3.73. The van der Waals surface area contributed by atoms with Crippen molar-refractivity contribution in [3.63, 3.8) is 0 Å². The Morgan fingerprint density at radius 3 is 2.20 bits per heavy atom. The van der Waals surface area contributed by atoms with Gasteiger partial charge in [-0.25, -0.2) is 9.59 Å². The summed E-state index contributed by atoms with van der Waals surface area (Å²) in [4.78, 5) is 43.1. The number of rotatable bonds is 8. The highest BCUT2D eigenvalue weighted by Gasteiger charge is 2.31. The fourth-order valence-corrected chi connectivity index (χ4v) is 6.51. The number of phenolic OH excluding ortho intramolecular Hbond substituents is 1. The predicted octanol–water partition coefficient (Wildman–Crippen LogP) is 9.01. The highest BCUT2D eigenvalue weighted by molar-refractivity contribution is 6.42. The molecule has 2 aromatic rings. The zero-order valence-corrected chi connectivity index (χ0v) is 30.2. The lowest BCUT2D eigenvalue weighted by molar-refractivity contribution is 0.0138. The van der Waals surface area contributed by atoms with E-state index in [1.807, 2.05) is 25.7 Å². The van der Waals surface area contributed by atoms with Crippen LogP contribution in [0, 0.1) is 0 Å². The zero-order valence-electron chi connectivity index (χ0n) is 27.1. The molecule has 2 aromatic carbocycles. The molecule has 49 heavy (non-hydrogen) atoms. The molecule has 1 fully saturated rings. The maximum Gasteiger partial charge on any atom is 0.410 e. The first kappa shape index (κ1) is 36.5. The van der Waals surface area contributed by atoms with Crippen LogP contribution >= 0.6 is 46.4 Å². The van der Waals surface area contributed by atoms with Crippen LogP contribution in [0.4, 0.5) is 4.79 Å². The molecule has 0 spiro atoms. The van der Waals surface area contributed by atoms with Crippen molar-refractivity contribution in [3.8, 4) is 28.2 Å². The number of fused-ring (bicyclic) bond motifs is 2. The van der Waals surface area contributed by atoms with Gasteiger partial charge in [0, 0.05) is 54.8 Å². The fourth-order valence-electron chi connectivity index (χ4n) is 5.73. The lowest BCUT2D eigenvalue weighted by Crippen LogP contribution is -2.49. The molecule has 0 saturated carbocycles. The van der Waals surface area contributed by atoms with Gasteiger partial charge < -0.3 is 23.9 Å². The molecule has 0 unspecified atom stereocenters. The van der Waals surface area contributed by atoms with Gasteiger partial charge in [-0.3, -0.25) is 9.69 Å². The van der Waals surface area contributed by atoms with E-state index in [4.69, 9.17) is 60.3 Å². The van der Waals surface area contributed by atoms with E-state index in [2.05, 4.69) is 13.2 Å². The third-order valence-electron chi connectivity index (χ3n) is 7.96. The van der Waals surface area contributed by atoms with Gasteiger partial charge in [-0.05, 0) is 57.0 Å². The molecule has 0 atom stereocenters. The van der Waals surface area contributed by atoms with Gasteiger partial charge in [-0.15, -0.1) is 6.58 Å². The van der Waals surface area contributed by atoms with Crippen LogP contribution in [0.1, 0.15) is 42.3 Å². The number of nitrogens with zero attached hydrogens (tertiary/aromatic N) is 2. The molecule has 2 heterocycles. The van der Waals surface area contributed by atoms with Crippen molar-refractivity contribution in [2.24, 2.45) is 0 Å². The maximum atomic E-state index is 13.4. The van der Waals surface area contributed by atoms with Crippen LogP contribution in [0.3, 0.4) is 0 Å². The van der Waals surface area contributed by atoms with Crippen LogP contribution in [0.25, 0.3) is 33.4 Å². The standard InChI is InChI=1S/C36H34Cl4N2O7/c1-6-8-19-30(43)27(39)16-22-29(20-14-25(37)26(38)15-21(20)34(45)47-13-7-2)23-17-28(40)31(44)24(33(23)48-32(19)22)18-41-9-11-42(12-10-41)35(46)49-36(3,4)5/h6-7,14-17,44H,1-2,8-13,18H2,3-5H3. The van der Waals surface area contributed by atoms with Crippen LogP contribution in [-0.4, -0.2) is 65.4 Å². The normalized spacial score (nSPS) is 13.9. The molecule has 5 rings (SSSR count). The van der Waals surface area contributed by atoms with Crippen molar-refractivity contribution in [3.05, 3.63) is 96.6 Å². The number of halogens is 4. The third-order valence-corrected chi connectivity index (χ3v) is 9.25. The van der Waals surface area contributed by atoms with Crippen molar-refractivity contribution in [2.75, 3.05) is 32.8 Å². The van der Waals surface area contributed by atoms with Crippen molar-refractivity contribution in [1.82, 2.24) is 9.80 Å². The highest BCUT2D eigenvalue weighted by atomic mass is 35.5. The van der Waals surface area contributed by atoms with Gasteiger partial charge >= 0.3 is 12.1 Å². The average molecular weight is 748 g/mol. The molecule has 1 amide bonds. The number of ether oxygens (including phenoxy) is 2. The summed E-state index contributed by atoms with van der Waals surface area (Å²) < 4.78 is 17.5. The number of benzene rings is 3. The van der Waals surface area contributed by atoms with Crippen LogP contribution in [0.15, 0.2) is 58.8 Å². The van der Waals surface area contributed by atoms with E-state index in [0.717, 1.165) is 0 Å². The molecule has 2 aliphatic heterocycles. The molecule has 9 nitrogen and oxygen atoms in total. The minimum absolute atomic E-state index is 0.0133. The Balaban J connectivity index is 1.75. The van der Waals surface area contributed by atoms with Crippen LogP contribution < -0.4 is 5.43 Å². The molecule has 0 aromatic heterocycles. The van der Waals surface area contributed by atoms with Crippen molar-refractivity contribution in [1.29, 1.82) is 0 Å². The monoisotopic (exact) mass is 746 g/mol. The number of hydrogen-bond acceptors (Lipinski definition) is 8. The number of amides is 1. The molecule has 13 heteroatoms. The fraction of sp³-hybridized carbons (Fsp3) is 0.306. The van der Waals surface area contributed by atoms with Gasteiger partial charge in [-0.2, -0.15) is 0 Å². The second kappa shape index (κ2) is 14.6. The predicted molar refractivity (Wildman–Crippen MR) is 194 cm³/mol. The summed E-state index contributed by atoms with van der Waals surface area (Å²) >= 11 is 26.1. The number of aromatic hydroxyl groups is 1. The summed E-state index contributed by atoms with van der Waals surface area (Å²) in [6, 6.07) is 5.89. The Bertz CT molecular complexity index is 2010. The number of esters is 1. The Morgan fingerprint density at radius 2 is 1.57 bits per heavy atom. The van der Waals surface area contributed by atoms with Gasteiger partial charge in [-0.1, -0.05) is 65.1 Å². The number of hydrogen-bond donors (Lipinski definition) is 1. The van der Waals surface area contributed by atoms with E-state index < -0.39 is 23.1 Å². The van der Waals surface area contributed by atoms with Gasteiger partial charge in [0.05, 0.1) is 31.2 Å². The minimum Gasteiger partial charge on any atom is -0.506 e. The molecular weight excluding hydrogens is 714 g/mol. The first-order valence-corrected chi connectivity index (χ1v) is 16.9. The van der Waals surface area contributed by atoms with Crippen molar-refractivity contribution >= 4 is 69.4 Å². The number of piperazine rings is 1. The second-order valence-corrected chi connectivity index (χ2v) is 14.1. The first-order chi connectivity index (χ1) is 23.1. The summed E-state index contributed by atoms with van der Waals surface area (Å²) in [5, 5.41) is 12.0. The molecule has 258 valence electrons. The van der Waals surface area contributed by atoms with Crippen molar-refractivity contribution < 1.29 is 28.6 Å². The molecule has 0 bridgehead atoms. The smallest absolute Gasteiger partial charge is 0.410 e. The number of carbonyl (C=O) groups is 2. The molecule has 3 aliphatic rings. The topological polar surface area (TPSA) is 110 Å². The maximum absolute atomic E-state index is 13.4. The summed E-state index contributed by atoms with van der Waals surface area (Å²) in [6.07, 6.45) is 2.69. The Morgan fingerprint density at radius 1 is 0.918 bits per heavy atom. The van der Waals surface area contributed by atoms with Crippen LogP contribution in [0.5, 0.6) is 5.75 Å². The summed E-state index contributed by atoms with van der Waals surface area (Å²) in [5.74, 6) is -0.758. The number of carbonyl (C=O) groups excluding carboxylic acids is 2.